The van der Waals surface area contributed by atoms with Crippen LogP contribution in [-0.4, -0.2) is 70.9 Å². The quantitative estimate of drug-likeness (QED) is 0.780. The van der Waals surface area contributed by atoms with Crippen molar-refractivity contribution >= 4 is 11.8 Å². The maximum atomic E-state index is 12.3. The average molecular weight is 279 g/mol. The highest BCUT2D eigenvalue weighted by molar-refractivity contribution is 5.87. The van der Waals surface area contributed by atoms with Crippen molar-refractivity contribution in [2.45, 2.75) is 19.0 Å². The van der Waals surface area contributed by atoms with Crippen LogP contribution in [0.1, 0.15) is 6.42 Å². The van der Waals surface area contributed by atoms with Crippen molar-refractivity contribution < 1.29 is 9.59 Å². The minimum atomic E-state index is -0.394. The van der Waals surface area contributed by atoms with Crippen LogP contribution in [0.2, 0.25) is 0 Å². The fourth-order valence-corrected chi connectivity index (χ4v) is 2.31. The molecule has 1 fully saturated rings. The number of hydrogen-bond donors (Lipinski definition) is 1. The molecule has 0 bridgehead atoms. The number of rotatable bonds is 4. The zero-order chi connectivity index (χ0) is 14.5. The highest BCUT2D eigenvalue weighted by Gasteiger charge is 2.32. The second kappa shape index (κ2) is 6.51. The Hall–Kier alpha value is -1.89. The zero-order valence-electron chi connectivity index (χ0n) is 12.0. The third-order valence-electron chi connectivity index (χ3n) is 3.43. The van der Waals surface area contributed by atoms with Gasteiger partial charge in [-0.2, -0.15) is 0 Å². The van der Waals surface area contributed by atoms with Gasteiger partial charge in [0.05, 0.1) is 6.33 Å². The summed E-state index contributed by atoms with van der Waals surface area (Å²) in [6.45, 7) is 2.42. The lowest BCUT2D eigenvalue weighted by molar-refractivity contribution is -0.145. The molecule has 2 amide bonds. The van der Waals surface area contributed by atoms with Gasteiger partial charge in [-0.1, -0.05) is 0 Å². The molecule has 1 atom stereocenters. The number of piperazine rings is 1. The van der Waals surface area contributed by atoms with Gasteiger partial charge in [0.25, 0.3) is 0 Å². The summed E-state index contributed by atoms with van der Waals surface area (Å²) < 4.78 is 1.86. The standard InChI is InChI=1S/C13H21N5O2/c1-16(2)13(20)11-9-14-5-8-18(11)12(19)3-6-17-7-4-15-10-17/h4,7,10-11,14H,3,5-6,8-9H2,1-2H3. The van der Waals surface area contributed by atoms with Gasteiger partial charge in [-0.25, -0.2) is 4.98 Å². The summed E-state index contributed by atoms with van der Waals surface area (Å²) in [6, 6.07) is -0.394. The number of hydrogen-bond acceptors (Lipinski definition) is 4. The molecule has 1 aliphatic rings. The average Bonchev–Trinajstić information content (AvgIpc) is 2.97. The van der Waals surface area contributed by atoms with Gasteiger partial charge < -0.3 is 19.7 Å². The first kappa shape index (κ1) is 14.5. The highest BCUT2D eigenvalue weighted by Crippen LogP contribution is 2.09. The van der Waals surface area contributed by atoms with E-state index in [9.17, 15) is 9.59 Å². The Labute approximate surface area is 118 Å². The maximum absolute atomic E-state index is 12.3. The zero-order valence-corrected chi connectivity index (χ0v) is 12.0. The second-order valence-electron chi connectivity index (χ2n) is 5.09. The van der Waals surface area contributed by atoms with Crippen LogP contribution in [0, 0.1) is 0 Å². The van der Waals surface area contributed by atoms with Crippen LogP contribution in [0.5, 0.6) is 0 Å². The van der Waals surface area contributed by atoms with E-state index in [1.807, 2.05) is 10.8 Å². The summed E-state index contributed by atoms with van der Waals surface area (Å²) in [6.07, 6.45) is 5.59. The molecule has 0 aliphatic carbocycles. The van der Waals surface area contributed by atoms with Crippen LogP contribution in [0.3, 0.4) is 0 Å². The largest absolute Gasteiger partial charge is 0.347 e. The molecule has 1 aliphatic heterocycles. The van der Waals surface area contributed by atoms with Crippen LogP contribution >= 0.6 is 0 Å². The molecule has 0 saturated carbocycles. The summed E-state index contributed by atoms with van der Waals surface area (Å²) in [5.74, 6) is -0.0198. The molecule has 2 rings (SSSR count). The molecule has 1 aromatic heterocycles. The normalized spacial score (nSPS) is 18.9. The van der Waals surface area contributed by atoms with Crippen molar-refractivity contribution in [3.8, 4) is 0 Å². The van der Waals surface area contributed by atoms with E-state index >= 15 is 0 Å². The minimum absolute atomic E-state index is 0.0143. The van der Waals surface area contributed by atoms with Crippen LogP contribution in [0.15, 0.2) is 18.7 Å². The first-order chi connectivity index (χ1) is 9.59. The Morgan fingerprint density at radius 1 is 1.45 bits per heavy atom. The molecule has 0 radical (unpaired) electrons. The first-order valence-corrected chi connectivity index (χ1v) is 6.76. The Kier molecular flexibility index (Phi) is 4.73. The van der Waals surface area contributed by atoms with Gasteiger partial charge in [-0.05, 0) is 0 Å². The van der Waals surface area contributed by atoms with Crippen molar-refractivity contribution in [3.63, 3.8) is 0 Å². The van der Waals surface area contributed by atoms with Crippen molar-refractivity contribution in [2.24, 2.45) is 0 Å². The number of amides is 2. The molecule has 1 unspecified atom stereocenters. The van der Waals surface area contributed by atoms with Crippen molar-refractivity contribution in [1.82, 2.24) is 24.7 Å². The lowest BCUT2D eigenvalue weighted by Gasteiger charge is -2.36. The van der Waals surface area contributed by atoms with E-state index in [1.54, 1.807) is 31.5 Å². The number of nitrogens with zero attached hydrogens (tertiary/aromatic N) is 4. The van der Waals surface area contributed by atoms with E-state index in [1.165, 1.54) is 4.90 Å². The van der Waals surface area contributed by atoms with Gasteiger partial charge in [0.1, 0.15) is 6.04 Å². The summed E-state index contributed by atoms with van der Waals surface area (Å²) in [4.78, 5) is 31.6. The summed E-state index contributed by atoms with van der Waals surface area (Å²) >= 11 is 0. The molecule has 7 heteroatoms. The predicted molar refractivity (Wildman–Crippen MR) is 73.9 cm³/mol. The number of aromatic nitrogens is 2. The van der Waals surface area contributed by atoms with Gasteiger partial charge >= 0.3 is 0 Å². The van der Waals surface area contributed by atoms with Crippen LogP contribution in [0.25, 0.3) is 0 Å². The fourth-order valence-electron chi connectivity index (χ4n) is 2.31. The lowest BCUT2D eigenvalue weighted by atomic mass is 10.1. The van der Waals surface area contributed by atoms with Gasteiger partial charge in [0.15, 0.2) is 0 Å². The molecular weight excluding hydrogens is 258 g/mol. The van der Waals surface area contributed by atoms with E-state index in [0.29, 0.717) is 26.1 Å². The topological polar surface area (TPSA) is 70.5 Å². The van der Waals surface area contributed by atoms with E-state index < -0.39 is 6.04 Å². The monoisotopic (exact) mass is 279 g/mol. The minimum Gasteiger partial charge on any atom is -0.347 e. The number of nitrogens with one attached hydrogen (secondary N) is 1. The lowest BCUT2D eigenvalue weighted by Crippen LogP contribution is -2.59. The molecule has 7 nitrogen and oxygen atoms in total. The predicted octanol–water partition coefficient (Wildman–Crippen LogP) is -0.838. The van der Waals surface area contributed by atoms with Crippen LogP contribution < -0.4 is 5.32 Å². The number of likely N-dealkylation sites (N-methyl/N-ethyl adjacent to an activating group) is 1. The second-order valence-corrected chi connectivity index (χ2v) is 5.09. The van der Waals surface area contributed by atoms with Crippen LogP contribution in [-0.2, 0) is 16.1 Å². The van der Waals surface area contributed by atoms with Crippen molar-refractivity contribution in [2.75, 3.05) is 33.7 Å². The maximum Gasteiger partial charge on any atom is 0.246 e. The Bertz CT molecular complexity index is 457. The van der Waals surface area contributed by atoms with Crippen LogP contribution in [0.4, 0.5) is 0 Å². The van der Waals surface area contributed by atoms with Gasteiger partial charge in [0.2, 0.25) is 11.8 Å². The molecular formula is C13H21N5O2. The van der Waals surface area contributed by atoms with E-state index in [2.05, 4.69) is 10.3 Å². The Morgan fingerprint density at radius 2 is 2.25 bits per heavy atom. The molecule has 110 valence electrons. The molecule has 1 N–H and O–H groups in total. The van der Waals surface area contributed by atoms with Gasteiger partial charge in [0, 0.05) is 59.1 Å². The summed E-state index contributed by atoms with van der Waals surface area (Å²) in [7, 11) is 3.43. The molecule has 2 heterocycles. The Balaban J connectivity index is 1.96. The number of imidazole rings is 1. The molecule has 1 saturated heterocycles. The SMILES string of the molecule is CN(C)C(=O)C1CNCCN1C(=O)CCn1ccnc1. The molecule has 0 aromatic carbocycles. The fraction of sp³-hybridized carbons (Fsp3) is 0.615. The smallest absolute Gasteiger partial charge is 0.246 e. The molecule has 1 aromatic rings. The number of aryl methyl sites for hydroxylation is 1. The van der Waals surface area contributed by atoms with E-state index in [-0.39, 0.29) is 11.8 Å². The summed E-state index contributed by atoms with van der Waals surface area (Å²) in [5.41, 5.74) is 0. The van der Waals surface area contributed by atoms with Gasteiger partial charge in [-0.15, -0.1) is 0 Å². The molecule has 20 heavy (non-hydrogen) atoms. The third-order valence-corrected chi connectivity index (χ3v) is 3.43. The third kappa shape index (κ3) is 3.36. The van der Waals surface area contributed by atoms with Crippen molar-refractivity contribution in [1.29, 1.82) is 0 Å². The first-order valence-electron chi connectivity index (χ1n) is 6.76. The number of carbonyl (C=O) groups is 2. The number of carbonyl (C=O) groups excluding carboxylic acids is 2. The highest BCUT2D eigenvalue weighted by atomic mass is 16.2. The van der Waals surface area contributed by atoms with Crippen molar-refractivity contribution in [3.05, 3.63) is 18.7 Å². The molecule has 0 spiro atoms. The van der Waals surface area contributed by atoms with Gasteiger partial charge in [-0.3, -0.25) is 9.59 Å². The van der Waals surface area contributed by atoms with E-state index in [0.717, 1.165) is 6.54 Å². The van der Waals surface area contributed by atoms with E-state index in [4.69, 9.17) is 0 Å². The summed E-state index contributed by atoms with van der Waals surface area (Å²) in [5, 5.41) is 3.17. The Morgan fingerprint density at radius 3 is 2.90 bits per heavy atom.